The van der Waals surface area contributed by atoms with Gasteiger partial charge in [0.25, 0.3) is 0 Å². The van der Waals surface area contributed by atoms with Crippen LogP contribution in [0.15, 0.2) is 18.3 Å². The Morgan fingerprint density at radius 1 is 1.28 bits per heavy atom. The normalized spacial score (nSPS) is 27.9. The molecule has 3 aliphatic heterocycles. The number of H-pyrrole nitrogens is 1. The molecule has 5 heterocycles. The van der Waals surface area contributed by atoms with E-state index in [0.717, 1.165) is 84.6 Å². The molecule has 1 amide bonds. The number of halogens is 1. The Balaban J connectivity index is 1.24. The molecule has 11 nitrogen and oxygen atoms in total. The second-order valence-electron chi connectivity index (χ2n) is 12.6. The molecule has 228 valence electrons. The number of nitrogens with zero attached hydrogens (tertiary/aromatic N) is 4. The number of alkyl carbamates (subject to hydrolysis) is 1. The molecule has 4 atom stereocenters. The number of carbonyl (C=O) groups excluding carboxylic acids is 1. The quantitative estimate of drug-likeness (QED) is 0.321. The average Bonchev–Trinajstić information content (AvgIpc) is 3.34. The number of carbonyl (C=O) groups is 1. The summed E-state index contributed by atoms with van der Waals surface area (Å²) in [4.78, 5) is 24.4. The van der Waals surface area contributed by atoms with Crippen molar-refractivity contribution in [3.63, 3.8) is 0 Å². The van der Waals surface area contributed by atoms with E-state index in [9.17, 15) is 4.79 Å². The maximum Gasteiger partial charge on any atom is 0.407 e. The zero-order valence-electron chi connectivity index (χ0n) is 24.7. The zero-order valence-corrected chi connectivity index (χ0v) is 25.5. The van der Waals surface area contributed by atoms with Gasteiger partial charge in [0, 0.05) is 47.7 Å². The summed E-state index contributed by atoms with van der Waals surface area (Å²) in [5.41, 5.74) is 2.30. The first kappa shape index (κ1) is 28.2. The van der Waals surface area contributed by atoms with Crippen molar-refractivity contribution in [1.29, 1.82) is 0 Å². The summed E-state index contributed by atoms with van der Waals surface area (Å²) in [6.45, 7) is 8.63. The monoisotopic (exact) mass is 606 g/mol. The van der Waals surface area contributed by atoms with E-state index in [4.69, 9.17) is 31.0 Å². The van der Waals surface area contributed by atoms with E-state index < -0.39 is 0 Å². The van der Waals surface area contributed by atoms with Crippen LogP contribution in [0.4, 0.5) is 10.6 Å². The SMILES string of the molecule is CCOC(=O)NC1CCCN(c2nc(OCC34CCCNCC3(C)C4)nc3c2=CNC(c2cc(Cl)cc4[nH]ncc24)C=3)C1. The Labute approximate surface area is 255 Å². The van der Waals surface area contributed by atoms with Crippen LogP contribution in [0.1, 0.15) is 57.6 Å². The van der Waals surface area contributed by atoms with Crippen LogP contribution in [-0.4, -0.2) is 71.7 Å². The molecule has 1 saturated carbocycles. The highest BCUT2D eigenvalue weighted by Gasteiger charge is 2.64. The smallest absolute Gasteiger partial charge is 0.407 e. The number of rotatable bonds is 7. The maximum atomic E-state index is 12.2. The summed E-state index contributed by atoms with van der Waals surface area (Å²) in [7, 11) is 0. The van der Waals surface area contributed by atoms with Crippen molar-refractivity contribution in [1.82, 2.24) is 36.1 Å². The number of amides is 1. The first-order valence-electron chi connectivity index (χ1n) is 15.4. The van der Waals surface area contributed by atoms with Crippen LogP contribution >= 0.6 is 11.6 Å². The van der Waals surface area contributed by atoms with E-state index in [1.807, 2.05) is 31.5 Å². The predicted octanol–water partition coefficient (Wildman–Crippen LogP) is 2.74. The molecule has 7 rings (SSSR count). The number of benzene rings is 1. The minimum Gasteiger partial charge on any atom is -0.463 e. The van der Waals surface area contributed by atoms with Gasteiger partial charge in [-0.15, -0.1) is 0 Å². The van der Waals surface area contributed by atoms with Gasteiger partial charge in [0.2, 0.25) is 0 Å². The van der Waals surface area contributed by atoms with Gasteiger partial charge in [-0.1, -0.05) is 18.5 Å². The van der Waals surface area contributed by atoms with E-state index in [2.05, 4.69) is 44.0 Å². The van der Waals surface area contributed by atoms with Crippen molar-refractivity contribution in [2.24, 2.45) is 10.8 Å². The van der Waals surface area contributed by atoms with Crippen molar-refractivity contribution in [3.05, 3.63) is 39.5 Å². The van der Waals surface area contributed by atoms with Gasteiger partial charge in [-0.2, -0.15) is 15.1 Å². The van der Waals surface area contributed by atoms with Gasteiger partial charge in [-0.05, 0) is 74.8 Å². The fourth-order valence-corrected chi connectivity index (χ4v) is 7.50. The lowest BCUT2D eigenvalue weighted by Crippen LogP contribution is -2.51. The summed E-state index contributed by atoms with van der Waals surface area (Å²) in [6.07, 6.45) is 10.8. The third-order valence-corrected chi connectivity index (χ3v) is 9.98. The third-order valence-electron chi connectivity index (χ3n) is 9.76. The van der Waals surface area contributed by atoms with Gasteiger partial charge >= 0.3 is 12.1 Å². The van der Waals surface area contributed by atoms with Crippen molar-refractivity contribution >= 4 is 46.7 Å². The molecule has 0 bridgehead atoms. The molecule has 0 spiro atoms. The Morgan fingerprint density at radius 2 is 2.19 bits per heavy atom. The highest BCUT2D eigenvalue weighted by atomic mass is 35.5. The number of ether oxygens (including phenoxy) is 2. The van der Waals surface area contributed by atoms with Crippen LogP contribution in [0.5, 0.6) is 6.01 Å². The number of nitrogens with one attached hydrogen (secondary N) is 4. The lowest BCUT2D eigenvalue weighted by molar-refractivity contribution is 0.146. The Bertz CT molecular complexity index is 1660. The number of hydrogen-bond donors (Lipinski definition) is 4. The maximum absolute atomic E-state index is 12.2. The summed E-state index contributed by atoms with van der Waals surface area (Å²) in [5.74, 6) is 0.802. The molecule has 12 heteroatoms. The molecule has 0 radical (unpaired) electrons. The highest BCUT2D eigenvalue weighted by molar-refractivity contribution is 6.31. The summed E-state index contributed by atoms with van der Waals surface area (Å²) in [5, 5.41) is 20.7. The molecule has 4 aliphatic rings. The van der Waals surface area contributed by atoms with Crippen molar-refractivity contribution < 1.29 is 14.3 Å². The molecular formula is C31H39ClN8O3. The molecule has 4 unspecified atom stereocenters. The van der Waals surface area contributed by atoms with E-state index in [-0.39, 0.29) is 29.0 Å². The number of piperidine rings is 1. The molecule has 3 aromatic rings. The first-order valence-corrected chi connectivity index (χ1v) is 15.7. The van der Waals surface area contributed by atoms with E-state index >= 15 is 0 Å². The molecule has 2 aromatic heterocycles. The molecule has 1 aromatic carbocycles. The zero-order chi connectivity index (χ0) is 29.6. The standard InChI is InChI=1S/C31H39ClN8O3/c1-3-42-29(41)36-20-6-4-9-40(15-20)27-23-13-34-24(21-10-19(32)11-26-22(21)14-35-39-26)12-25(23)37-28(38-27)43-18-31-7-5-8-33-17-30(31,2)16-31/h10-14,20,24,33-34H,3-9,15-18H2,1-2H3,(H,35,39)(H,36,41). The fourth-order valence-electron chi connectivity index (χ4n) is 7.27. The number of aromatic nitrogens is 4. The van der Waals surface area contributed by atoms with E-state index in [1.54, 1.807) is 0 Å². The Morgan fingerprint density at radius 3 is 3.07 bits per heavy atom. The van der Waals surface area contributed by atoms with Crippen molar-refractivity contribution in [3.8, 4) is 6.01 Å². The summed E-state index contributed by atoms with van der Waals surface area (Å²) in [6, 6.07) is 4.03. The molecule has 2 saturated heterocycles. The number of fused-ring (bicyclic) bond motifs is 3. The largest absolute Gasteiger partial charge is 0.463 e. The molecule has 1 aliphatic carbocycles. The van der Waals surface area contributed by atoms with Crippen LogP contribution in [0, 0.1) is 10.8 Å². The van der Waals surface area contributed by atoms with Crippen molar-refractivity contribution in [2.75, 3.05) is 44.3 Å². The topological polar surface area (TPSA) is 129 Å². The van der Waals surface area contributed by atoms with E-state index in [1.165, 1.54) is 0 Å². The third kappa shape index (κ3) is 5.37. The van der Waals surface area contributed by atoms with Crippen LogP contribution < -0.4 is 36.2 Å². The van der Waals surface area contributed by atoms with Crippen LogP contribution in [-0.2, 0) is 4.74 Å². The van der Waals surface area contributed by atoms with Gasteiger partial charge in [-0.25, -0.2) is 4.79 Å². The van der Waals surface area contributed by atoms with E-state index in [0.29, 0.717) is 30.8 Å². The van der Waals surface area contributed by atoms with Gasteiger partial charge in [0.05, 0.1) is 41.5 Å². The molecule has 3 fully saturated rings. The summed E-state index contributed by atoms with van der Waals surface area (Å²) >= 11 is 6.48. The molecular weight excluding hydrogens is 568 g/mol. The predicted molar refractivity (Wildman–Crippen MR) is 165 cm³/mol. The minimum absolute atomic E-state index is 0.0403. The minimum atomic E-state index is -0.385. The number of hydrogen-bond acceptors (Lipinski definition) is 9. The summed E-state index contributed by atoms with van der Waals surface area (Å²) < 4.78 is 11.6. The number of aromatic amines is 1. The highest BCUT2D eigenvalue weighted by Crippen LogP contribution is 2.66. The van der Waals surface area contributed by atoms with Gasteiger partial charge in [0.15, 0.2) is 0 Å². The van der Waals surface area contributed by atoms with Crippen molar-refractivity contribution in [2.45, 2.75) is 58.0 Å². The van der Waals surface area contributed by atoms with Crippen LogP contribution in [0.2, 0.25) is 5.02 Å². The average molecular weight is 607 g/mol. The van der Waals surface area contributed by atoms with Crippen LogP contribution in [0.3, 0.4) is 0 Å². The second kappa shape index (κ2) is 11.2. The lowest BCUT2D eigenvalue weighted by Gasteiger charge is -2.34. The van der Waals surface area contributed by atoms with Gasteiger partial charge in [-0.3, -0.25) is 5.10 Å². The molecule has 4 N–H and O–H groups in total. The Kier molecular flexibility index (Phi) is 7.33. The Hall–Kier alpha value is -3.57. The first-order chi connectivity index (χ1) is 20.9. The van der Waals surface area contributed by atoms with Gasteiger partial charge < -0.3 is 30.3 Å². The second-order valence-corrected chi connectivity index (χ2v) is 13.1. The number of anilines is 1. The lowest BCUT2D eigenvalue weighted by atomic mass is 9.91. The van der Waals surface area contributed by atoms with Crippen LogP contribution in [0.25, 0.3) is 23.2 Å². The molecule has 43 heavy (non-hydrogen) atoms. The fraction of sp³-hybridized carbons (Fsp3) is 0.548. The van der Waals surface area contributed by atoms with Gasteiger partial charge in [0.1, 0.15) is 5.82 Å².